The predicted octanol–water partition coefficient (Wildman–Crippen LogP) is 1.92. The molecule has 5 heteroatoms. The minimum Gasteiger partial charge on any atom is -0.309 e. The summed E-state index contributed by atoms with van der Waals surface area (Å²) >= 11 is 1.92. The molecule has 1 atom stereocenters. The van der Waals surface area contributed by atoms with E-state index in [0.717, 1.165) is 35.1 Å². The van der Waals surface area contributed by atoms with E-state index in [9.17, 15) is 4.79 Å². The SMILES string of the molecule is Cc1nc(C2CSCCN2C)[nH]c(=O)c1C(C)C. The molecule has 4 nitrogen and oxygen atoms in total. The van der Waals surface area contributed by atoms with Gasteiger partial charge < -0.3 is 4.98 Å². The molecule has 1 saturated heterocycles. The van der Waals surface area contributed by atoms with Gasteiger partial charge in [-0.3, -0.25) is 9.69 Å². The second-order valence-corrected chi connectivity index (χ2v) is 6.33. The summed E-state index contributed by atoms with van der Waals surface area (Å²) < 4.78 is 0. The van der Waals surface area contributed by atoms with Crippen LogP contribution in [-0.4, -0.2) is 40.0 Å². The van der Waals surface area contributed by atoms with Gasteiger partial charge in [-0.2, -0.15) is 11.8 Å². The third kappa shape index (κ3) is 2.62. The molecule has 0 amide bonds. The van der Waals surface area contributed by atoms with Gasteiger partial charge in [0.1, 0.15) is 5.82 Å². The zero-order valence-corrected chi connectivity index (χ0v) is 12.3. The summed E-state index contributed by atoms with van der Waals surface area (Å²) in [5.41, 5.74) is 1.70. The van der Waals surface area contributed by atoms with E-state index in [4.69, 9.17) is 0 Å². The Morgan fingerprint density at radius 1 is 1.50 bits per heavy atom. The molecule has 2 rings (SSSR count). The van der Waals surface area contributed by atoms with Crippen molar-refractivity contribution in [1.29, 1.82) is 0 Å². The van der Waals surface area contributed by atoms with E-state index in [0.29, 0.717) is 0 Å². The molecule has 18 heavy (non-hydrogen) atoms. The number of H-pyrrole nitrogens is 1. The number of hydrogen-bond donors (Lipinski definition) is 1. The summed E-state index contributed by atoms with van der Waals surface area (Å²) in [5, 5.41) is 0. The Kier molecular flexibility index (Phi) is 4.12. The molecule has 2 heterocycles. The Morgan fingerprint density at radius 3 is 2.78 bits per heavy atom. The summed E-state index contributed by atoms with van der Waals surface area (Å²) in [4.78, 5) is 22.0. The minimum atomic E-state index is 0.0245. The second-order valence-electron chi connectivity index (χ2n) is 5.18. The van der Waals surface area contributed by atoms with E-state index >= 15 is 0 Å². The van der Waals surface area contributed by atoms with Crippen molar-refractivity contribution in [2.24, 2.45) is 0 Å². The van der Waals surface area contributed by atoms with Crippen LogP contribution in [0.1, 0.15) is 42.9 Å². The van der Waals surface area contributed by atoms with Gasteiger partial charge in [0.15, 0.2) is 0 Å². The molecular weight excluding hydrogens is 246 g/mol. The second kappa shape index (κ2) is 5.45. The predicted molar refractivity (Wildman–Crippen MR) is 76.4 cm³/mol. The molecule has 0 radical (unpaired) electrons. The highest BCUT2D eigenvalue weighted by Crippen LogP contribution is 2.26. The van der Waals surface area contributed by atoms with Crippen LogP contribution in [0.5, 0.6) is 0 Å². The molecule has 1 aromatic heterocycles. The van der Waals surface area contributed by atoms with Crippen molar-refractivity contribution >= 4 is 11.8 Å². The summed E-state index contributed by atoms with van der Waals surface area (Å²) in [7, 11) is 2.09. The topological polar surface area (TPSA) is 49.0 Å². The van der Waals surface area contributed by atoms with Crippen molar-refractivity contribution in [3.05, 3.63) is 27.4 Å². The lowest BCUT2D eigenvalue weighted by Gasteiger charge is -2.31. The first-order chi connectivity index (χ1) is 8.50. The molecule has 1 aliphatic heterocycles. The maximum absolute atomic E-state index is 12.1. The molecular formula is C13H21N3OS. The van der Waals surface area contributed by atoms with E-state index in [2.05, 4.69) is 21.9 Å². The summed E-state index contributed by atoms with van der Waals surface area (Å²) in [6, 6.07) is 0.233. The monoisotopic (exact) mass is 267 g/mol. The van der Waals surface area contributed by atoms with E-state index in [-0.39, 0.29) is 17.5 Å². The molecule has 1 unspecified atom stereocenters. The third-order valence-corrected chi connectivity index (χ3v) is 4.48. The number of rotatable bonds is 2. The number of nitrogens with one attached hydrogen (secondary N) is 1. The van der Waals surface area contributed by atoms with Gasteiger partial charge in [-0.1, -0.05) is 13.8 Å². The largest absolute Gasteiger partial charge is 0.309 e. The molecule has 100 valence electrons. The molecule has 1 fully saturated rings. The minimum absolute atomic E-state index is 0.0245. The first-order valence-electron chi connectivity index (χ1n) is 6.39. The highest BCUT2D eigenvalue weighted by molar-refractivity contribution is 7.99. The van der Waals surface area contributed by atoms with Gasteiger partial charge in [-0.15, -0.1) is 0 Å². The average molecular weight is 267 g/mol. The van der Waals surface area contributed by atoms with Crippen LogP contribution in [-0.2, 0) is 0 Å². The molecule has 1 aromatic rings. The number of aromatic amines is 1. The van der Waals surface area contributed by atoms with Gasteiger partial charge in [0.25, 0.3) is 5.56 Å². The Morgan fingerprint density at radius 2 is 2.22 bits per heavy atom. The highest BCUT2D eigenvalue weighted by Gasteiger charge is 2.24. The lowest BCUT2D eigenvalue weighted by molar-refractivity contribution is 0.263. The Hall–Kier alpha value is -0.810. The van der Waals surface area contributed by atoms with Crippen molar-refractivity contribution in [3.63, 3.8) is 0 Å². The summed E-state index contributed by atoms with van der Waals surface area (Å²) in [5.74, 6) is 3.19. The number of aryl methyl sites for hydroxylation is 1. The first-order valence-corrected chi connectivity index (χ1v) is 7.55. The van der Waals surface area contributed by atoms with E-state index in [1.54, 1.807) is 0 Å². The van der Waals surface area contributed by atoms with Gasteiger partial charge >= 0.3 is 0 Å². The van der Waals surface area contributed by atoms with Crippen LogP contribution in [0.3, 0.4) is 0 Å². The number of nitrogens with zero attached hydrogens (tertiary/aromatic N) is 2. The van der Waals surface area contributed by atoms with Crippen molar-refractivity contribution < 1.29 is 0 Å². The van der Waals surface area contributed by atoms with Crippen LogP contribution in [0.2, 0.25) is 0 Å². The van der Waals surface area contributed by atoms with Crippen molar-refractivity contribution in [3.8, 4) is 0 Å². The normalized spacial score (nSPS) is 21.5. The highest BCUT2D eigenvalue weighted by atomic mass is 32.2. The summed E-state index contributed by atoms with van der Waals surface area (Å²) in [6.07, 6.45) is 0. The van der Waals surface area contributed by atoms with Crippen LogP contribution in [0.25, 0.3) is 0 Å². The van der Waals surface area contributed by atoms with Crippen LogP contribution in [0.4, 0.5) is 0 Å². The molecule has 1 N–H and O–H groups in total. The Bertz CT molecular complexity index is 484. The number of hydrogen-bond acceptors (Lipinski definition) is 4. The van der Waals surface area contributed by atoms with Gasteiger partial charge in [-0.25, -0.2) is 4.98 Å². The molecule has 0 spiro atoms. The molecule has 0 saturated carbocycles. The lowest BCUT2D eigenvalue weighted by Crippen LogP contribution is -2.35. The molecule has 0 aliphatic carbocycles. The van der Waals surface area contributed by atoms with Gasteiger partial charge in [0.05, 0.1) is 6.04 Å². The molecule has 0 bridgehead atoms. The molecule has 1 aliphatic rings. The third-order valence-electron chi connectivity index (χ3n) is 3.45. The van der Waals surface area contributed by atoms with Crippen molar-refractivity contribution in [2.75, 3.05) is 25.1 Å². The van der Waals surface area contributed by atoms with Crippen LogP contribution in [0, 0.1) is 6.92 Å². The van der Waals surface area contributed by atoms with E-state index < -0.39 is 0 Å². The van der Waals surface area contributed by atoms with Crippen LogP contribution >= 0.6 is 11.8 Å². The number of aromatic nitrogens is 2. The molecule has 0 aromatic carbocycles. The first kappa shape index (κ1) is 13.6. The average Bonchev–Trinajstić information content (AvgIpc) is 2.27. The van der Waals surface area contributed by atoms with Crippen LogP contribution in [0.15, 0.2) is 4.79 Å². The van der Waals surface area contributed by atoms with Gasteiger partial charge in [0, 0.05) is 29.3 Å². The lowest BCUT2D eigenvalue weighted by atomic mass is 10.0. The zero-order chi connectivity index (χ0) is 13.3. The quantitative estimate of drug-likeness (QED) is 0.889. The Balaban J connectivity index is 2.38. The van der Waals surface area contributed by atoms with Crippen molar-refractivity contribution in [1.82, 2.24) is 14.9 Å². The maximum Gasteiger partial charge on any atom is 0.254 e. The van der Waals surface area contributed by atoms with Gasteiger partial charge in [-0.05, 0) is 19.9 Å². The fourth-order valence-electron chi connectivity index (χ4n) is 2.43. The van der Waals surface area contributed by atoms with Crippen molar-refractivity contribution in [2.45, 2.75) is 32.7 Å². The number of thioether (sulfide) groups is 1. The smallest absolute Gasteiger partial charge is 0.254 e. The van der Waals surface area contributed by atoms with E-state index in [1.165, 1.54) is 0 Å². The fourth-order valence-corrected chi connectivity index (χ4v) is 3.65. The zero-order valence-electron chi connectivity index (χ0n) is 11.5. The Labute approximate surface area is 112 Å². The fraction of sp³-hybridized carbons (Fsp3) is 0.692. The maximum atomic E-state index is 12.1. The van der Waals surface area contributed by atoms with Crippen LogP contribution < -0.4 is 5.56 Å². The summed E-state index contributed by atoms with van der Waals surface area (Å²) in [6.45, 7) is 7.04. The van der Waals surface area contributed by atoms with Gasteiger partial charge in [0.2, 0.25) is 0 Å². The van der Waals surface area contributed by atoms with E-state index in [1.807, 2.05) is 32.5 Å². The standard InChI is InChI=1S/C13H21N3OS/c1-8(2)11-9(3)14-12(15-13(11)17)10-7-18-6-5-16(10)4/h8,10H,5-7H2,1-4H3,(H,14,15,17).